The third kappa shape index (κ3) is 4.64. The van der Waals surface area contributed by atoms with Gasteiger partial charge < -0.3 is 4.74 Å². The van der Waals surface area contributed by atoms with Gasteiger partial charge in [-0.25, -0.2) is 4.39 Å². The molecular weight excluding hydrogens is 239 g/mol. The predicted octanol–water partition coefficient (Wildman–Crippen LogP) is 3.65. The van der Waals surface area contributed by atoms with Gasteiger partial charge in [-0.2, -0.15) is 0 Å². The fourth-order valence-corrected chi connectivity index (χ4v) is 2.00. The fraction of sp³-hybridized carbons (Fsp3) is 0.571. The van der Waals surface area contributed by atoms with Crippen LogP contribution in [-0.4, -0.2) is 19.1 Å². The lowest BCUT2D eigenvalue weighted by Gasteiger charge is -2.14. The minimum atomic E-state index is -0.193. The van der Waals surface area contributed by atoms with Crippen molar-refractivity contribution in [3.05, 3.63) is 35.6 Å². The fourth-order valence-electron chi connectivity index (χ4n) is 1.80. The summed E-state index contributed by atoms with van der Waals surface area (Å²) >= 11 is 5.93. The number of alkyl halides is 1. The summed E-state index contributed by atoms with van der Waals surface area (Å²) in [6, 6.07) is 6.61. The summed E-state index contributed by atoms with van der Waals surface area (Å²) < 4.78 is 18.4. The number of hydrogen-bond donors (Lipinski definition) is 0. The molecule has 0 aromatic heterocycles. The Morgan fingerprint density at radius 3 is 2.59 bits per heavy atom. The van der Waals surface area contributed by atoms with E-state index in [0.29, 0.717) is 18.4 Å². The van der Waals surface area contributed by atoms with Gasteiger partial charge in [0, 0.05) is 12.5 Å². The maximum Gasteiger partial charge on any atom is 0.123 e. The highest BCUT2D eigenvalue weighted by Crippen LogP contribution is 2.29. The zero-order chi connectivity index (χ0) is 12.1. The van der Waals surface area contributed by atoms with Crippen molar-refractivity contribution < 1.29 is 9.13 Å². The molecule has 0 amide bonds. The molecule has 94 valence electrons. The largest absolute Gasteiger partial charge is 0.381 e. The summed E-state index contributed by atoms with van der Waals surface area (Å²) in [5.41, 5.74) is 1.12. The van der Waals surface area contributed by atoms with Crippen LogP contribution in [0.3, 0.4) is 0 Å². The molecular formula is C14H18ClFO. The van der Waals surface area contributed by atoms with Crippen LogP contribution < -0.4 is 0 Å². The van der Waals surface area contributed by atoms with Crippen LogP contribution >= 0.6 is 11.6 Å². The first kappa shape index (κ1) is 12.8. The van der Waals surface area contributed by atoms with Crippen molar-refractivity contribution >= 4 is 11.6 Å². The monoisotopic (exact) mass is 256 g/mol. The lowest BCUT2D eigenvalue weighted by molar-refractivity contribution is 0.0972. The van der Waals surface area contributed by atoms with Crippen molar-refractivity contribution in [1.82, 2.24) is 0 Å². The Morgan fingerprint density at radius 2 is 2.00 bits per heavy atom. The van der Waals surface area contributed by atoms with E-state index in [4.69, 9.17) is 16.3 Å². The van der Waals surface area contributed by atoms with E-state index < -0.39 is 0 Å². The van der Waals surface area contributed by atoms with E-state index in [1.165, 1.54) is 25.0 Å². The Labute approximate surface area is 107 Å². The van der Waals surface area contributed by atoms with E-state index in [0.717, 1.165) is 24.5 Å². The van der Waals surface area contributed by atoms with Gasteiger partial charge in [-0.3, -0.25) is 0 Å². The average molecular weight is 257 g/mol. The molecule has 0 bridgehead atoms. The van der Waals surface area contributed by atoms with E-state index in [9.17, 15) is 4.39 Å². The molecule has 17 heavy (non-hydrogen) atoms. The molecule has 0 heterocycles. The Kier molecular flexibility index (Phi) is 4.81. The molecule has 1 aromatic carbocycles. The van der Waals surface area contributed by atoms with Crippen LogP contribution in [0.25, 0.3) is 0 Å². The molecule has 0 N–H and O–H groups in total. The molecule has 2 rings (SSSR count). The Bertz CT molecular complexity index is 335. The van der Waals surface area contributed by atoms with E-state index in [1.807, 2.05) is 12.1 Å². The number of halogens is 2. The molecule has 3 heteroatoms. The third-order valence-corrected chi connectivity index (χ3v) is 3.50. The Balaban J connectivity index is 1.74. The van der Waals surface area contributed by atoms with Crippen LogP contribution in [0.2, 0.25) is 0 Å². The highest BCUT2D eigenvalue weighted by Gasteiger charge is 2.21. The van der Waals surface area contributed by atoms with E-state index in [1.54, 1.807) is 0 Å². The van der Waals surface area contributed by atoms with Crippen molar-refractivity contribution in [2.75, 3.05) is 19.1 Å². The summed E-state index contributed by atoms with van der Waals surface area (Å²) in [6.07, 6.45) is 3.47. The van der Waals surface area contributed by atoms with Crippen LogP contribution in [0.4, 0.5) is 4.39 Å². The first-order valence-corrected chi connectivity index (χ1v) is 6.69. The summed E-state index contributed by atoms with van der Waals surface area (Å²) in [7, 11) is 0. The minimum absolute atomic E-state index is 0.193. The van der Waals surface area contributed by atoms with Crippen LogP contribution in [0.15, 0.2) is 24.3 Å². The van der Waals surface area contributed by atoms with Gasteiger partial charge in [0.25, 0.3) is 0 Å². The maximum absolute atomic E-state index is 12.8. The lowest BCUT2D eigenvalue weighted by atomic mass is 10.0. The van der Waals surface area contributed by atoms with E-state index >= 15 is 0 Å². The highest BCUT2D eigenvalue weighted by atomic mass is 35.5. The third-order valence-electron chi connectivity index (χ3n) is 3.06. The summed E-state index contributed by atoms with van der Waals surface area (Å²) in [6.45, 7) is 1.58. The average Bonchev–Trinajstić information content (AvgIpc) is 3.14. The standard InChI is InChI=1S/C14H18ClFO/c15-8-13(10-17-9-12-1-2-12)7-11-3-5-14(16)6-4-11/h3-6,12-13H,1-2,7-10H2. The maximum atomic E-state index is 12.8. The second-order valence-electron chi connectivity index (χ2n) is 4.83. The van der Waals surface area contributed by atoms with Gasteiger partial charge in [0.2, 0.25) is 0 Å². The highest BCUT2D eigenvalue weighted by molar-refractivity contribution is 6.18. The zero-order valence-electron chi connectivity index (χ0n) is 9.87. The molecule has 0 aliphatic heterocycles. The topological polar surface area (TPSA) is 9.23 Å². The van der Waals surface area contributed by atoms with Gasteiger partial charge in [0.05, 0.1) is 6.61 Å². The summed E-state index contributed by atoms with van der Waals surface area (Å²) in [5, 5.41) is 0. The SMILES string of the molecule is Fc1ccc(CC(CCl)COCC2CC2)cc1. The smallest absolute Gasteiger partial charge is 0.123 e. The van der Waals surface area contributed by atoms with Crippen molar-refractivity contribution in [2.45, 2.75) is 19.3 Å². The Hall–Kier alpha value is -0.600. The molecule has 0 radical (unpaired) electrons. The van der Waals surface area contributed by atoms with Gasteiger partial charge in [0.1, 0.15) is 5.82 Å². The molecule has 1 fully saturated rings. The zero-order valence-corrected chi connectivity index (χ0v) is 10.6. The minimum Gasteiger partial charge on any atom is -0.381 e. The number of ether oxygens (including phenoxy) is 1. The van der Waals surface area contributed by atoms with Crippen molar-refractivity contribution in [3.63, 3.8) is 0 Å². The molecule has 1 saturated carbocycles. The molecule has 1 aliphatic rings. The molecule has 1 unspecified atom stereocenters. The lowest BCUT2D eigenvalue weighted by Crippen LogP contribution is -2.15. The van der Waals surface area contributed by atoms with Crippen molar-refractivity contribution in [2.24, 2.45) is 11.8 Å². The number of benzene rings is 1. The van der Waals surface area contributed by atoms with Gasteiger partial charge in [-0.15, -0.1) is 11.6 Å². The molecule has 1 nitrogen and oxygen atoms in total. The summed E-state index contributed by atoms with van der Waals surface area (Å²) in [5.74, 6) is 1.50. The number of hydrogen-bond acceptors (Lipinski definition) is 1. The first-order chi connectivity index (χ1) is 8.28. The Morgan fingerprint density at radius 1 is 1.29 bits per heavy atom. The van der Waals surface area contributed by atoms with Crippen LogP contribution in [-0.2, 0) is 11.2 Å². The number of rotatable bonds is 7. The molecule has 1 atom stereocenters. The molecule has 0 spiro atoms. The van der Waals surface area contributed by atoms with Crippen LogP contribution in [0.5, 0.6) is 0 Å². The molecule has 1 aliphatic carbocycles. The quantitative estimate of drug-likeness (QED) is 0.677. The molecule has 1 aromatic rings. The summed E-state index contributed by atoms with van der Waals surface area (Å²) in [4.78, 5) is 0. The van der Waals surface area contributed by atoms with Crippen molar-refractivity contribution in [3.8, 4) is 0 Å². The van der Waals surface area contributed by atoms with Crippen molar-refractivity contribution in [1.29, 1.82) is 0 Å². The second kappa shape index (κ2) is 6.36. The normalized spacial score (nSPS) is 17.1. The van der Waals surface area contributed by atoms with Gasteiger partial charge in [-0.05, 0) is 48.8 Å². The predicted molar refractivity (Wildman–Crippen MR) is 67.9 cm³/mol. The first-order valence-electron chi connectivity index (χ1n) is 6.16. The van der Waals surface area contributed by atoms with Crippen LogP contribution in [0.1, 0.15) is 18.4 Å². The van der Waals surface area contributed by atoms with Crippen LogP contribution in [0, 0.1) is 17.7 Å². The second-order valence-corrected chi connectivity index (χ2v) is 5.14. The van der Waals surface area contributed by atoms with Gasteiger partial charge in [0.15, 0.2) is 0 Å². The van der Waals surface area contributed by atoms with Gasteiger partial charge in [-0.1, -0.05) is 12.1 Å². The van der Waals surface area contributed by atoms with E-state index in [2.05, 4.69) is 0 Å². The van der Waals surface area contributed by atoms with Gasteiger partial charge >= 0.3 is 0 Å². The molecule has 0 saturated heterocycles. The van der Waals surface area contributed by atoms with E-state index in [-0.39, 0.29) is 5.82 Å².